The Morgan fingerprint density at radius 1 is 1.11 bits per heavy atom. The number of rotatable bonds is 3. The van der Waals surface area contributed by atoms with Crippen LogP contribution in [0.5, 0.6) is 0 Å². The van der Waals surface area contributed by atoms with Gasteiger partial charge in [-0.25, -0.2) is 9.97 Å². The van der Waals surface area contributed by atoms with Crippen LogP contribution in [0.1, 0.15) is 11.4 Å². The normalized spacial score (nSPS) is 11.0. The summed E-state index contributed by atoms with van der Waals surface area (Å²) in [5, 5.41) is 0. The van der Waals surface area contributed by atoms with Gasteiger partial charge in [-0.05, 0) is 30.2 Å². The van der Waals surface area contributed by atoms with E-state index >= 15 is 0 Å². The molecule has 0 aliphatic carbocycles. The van der Waals surface area contributed by atoms with Crippen LogP contribution in [0.3, 0.4) is 0 Å². The summed E-state index contributed by atoms with van der Waals surface area (Å²) < 4.78 is 2.05. The number of aromatic nitrogens is 3. The molecule has 2 aromatic heterocycles. The van der Waals surface area contributed by atoms with Crippen molar-refractivity contribution in [2.24, 2.45) is 7.05 Å². The lowest BCUT2D eigenvalue weighted by Crippen LogP contribution is -2.02. The quantitative estimate of drug-likeness (QED) is 0.728. The fraction of sp³-hybridized carbons (Fsp3) is 0.200. The number of fused-ring (bicyclic) bond motifs is 1. The van der Waals surface area contributed by atoms with Gasteiger partial charge >= 0.3 is 0 Å². The third-order valence-corrected chi connectivity index (χ3v) is 3.39. The molecule has 2 heterocycles. The monoisotopic (exact) mass is 252 g/mol. The molecule has 4 nitrogen and oxygen atoms in total. The largest absolute Gasteiger partial charge is 0.399 e. The molecule has 0 saturated carbocycles. The van der Waals surface area contributed by atoms with Crippen molar-refractivity contribution in [3.8, 4) is 0 Å². The Labute approximate surface area is 111 Å². The summed E-state index contributed by atoms with van der Waals surface area (Å²) in [6, 6.07) is 11.9. The average Bonchev–Trinajstić information content (AvgIpc) is 2.75. The molecule has 0 saturated heterocycles. The Bertz CT molecular complexity index is 715. The number of aryl methyl sites for hydroxylation is 3. The molecule has 96 valence electrons. The Morgan fingerprint density at radius 2 is 1.95 bits per heavy atom. The van der Waals surface area contributed by atoms with Gasteiger partial charge in [0, 0.05) is 25.4 Å². The van der Waals surface area contributed by atoms with Gasteiger partial charge in [0.05, 0.1) is 0 Å². The number of pyridine rings is 1. The van der Waals surface area contributed by atoms with E-state index in [1.165, 1.54) is 5.56 Å². The van der Waals surface area contributed by atoms with E-state index in [4.69, 9.17) is 5.73 Å². The van der Waals surface area contributed by atoms with Crippen molar-refractivity contribution in [1.29, 1.82) is 0 Å². The van der Waals surface area contributed by atoms with E-state index in [9.17, 15) is 0 Å². The highest BCUT2D eigenvalue weighted by Crippen LogP contribution is 2.16. The molecule has 19 heavy (non-hydrogen) atoms. The van der Waals surface area contributed by atoms with E-state index in [0.29, 0.717) is 0 Å². The zero-order valence-electron chi connectivity index (χ0n) is 10.9. The average molecular weight is 252 g/mol. The summed E-state index contributed by atoms with van der Waals surface area (Å²) in [6.45, 7) is 0. The van der Waals surface area contributed by atoms with Crippen LogP contribution in [0.2, 0.25) is 0 Å². The number of benzene rings is 1. The third-order valence-electron chi connectivity index (χ3n) is 3.39. The first-order valence-electron chi connectivity index (χ1n) is 6.35. The molecule has 2 N–H and O–H groups in total. The van der Waals surface area contributed by atoms with Crippen LogP contribution in [0.4, 0.5) is 5.69 Å². The summed E-state index contributed by atoms with van der Waals surface area (Å²) in [4.78, 5) is 8.97. The van der Waals surface area contributed by atoms with Gasteiger partial charge in [0.1, 0.15) is 11.3 Å². The fourth-order valence-electron chi connectivity index (χ4n) is 2.30. The summed E-state index contributed by atoms with van der Waals surface area (Å²) in [6.07, 6.45) is 3.55. The van der Waals surface area contributed by atoms with Gasteiger partial charge in [0.15, 0.2) is 5.65 Å². The molecule has 3 aromatic rings. The minimum absolute atomic E-state index is 0.847. The van der Waals surface area contributed by atoms with Gasteiger partial charge in [-0.1, -0.05) is 18.2 Å². The first-order chi connectivity index (χ1) is 9.25. The number of hydrogen-bond acceptors (Lipinski definition) is 3. The number of anilines is 1. The SMILES string of the molecule is Cn1c(CCc2ccccc2N)nc2cccnc21. The Hall–Kier alpha value is -2.36. The van der Waals surface area contributed by atoms with Crippen molar-refractivity contribution in [2.75, 3.05) is 5.73 Å². The van der Waals surface area contributed by atoms with E-state index in [1.807, 2.05) is 37.4 Å². The lowest BCUT2D eigenvalue weighted by Gasteiger charge is -2.05. The van der Waals surface area contributed by atoms with Gasteiger partial charge in [0.25, 0.3) is 0 Å². The molecule has 0 atom stereocenters. The maximum absolute atomic E-state index is 5.96. The molecule has 4 heteroatoms. The minimum Gasteiger partial charge on any atom is -0.399 e. The van der Waals surface area contributed by atoms with E-state index < -0.39 is 0 Å². The number of para-hydroxylation sites is 1. The summed E-state index contributed by atoms with van der Waals surface area (Å²) in [5.74, 6) is 1.04. The Balaban J connectivity index is 1.86. The molecule has 1 aromatic carbocycles. The lowest BCUT2D eigenvalue weighted by atomic mass is 10.1. The number of imidazole rings is 1. The Morgan fingerprint density at radius 3 is 2.74 bits per heavy atom. The highest BCUT2D eigenvalue weighted by molar-refractivity contribution is 5.70. The van der Waals surface area contributed by atoms with Crippen molar-refractivity contribution in [3.05, 3.63) is 54.0 Å². The molecule has 0 bridgehead atoms. The van der Waals surface area contributed by atoms with Crippen LogP contribution in [-0.4, -0.2) is 14.5 Å². The standard InChI is InChI=1S/C15H16N4/c1-19-14(18-13-7-4-10-17-15(13)19)9-8-11-5-2-3-6-12(11)16/h2-7,10H,8-9,16H2,1H3. The summed E-state index contributed by atoms with van der Waals surface area (Å²) >= 11 is 0. The van der Waals surface area contributed by atoms with Crippen LogP contribution in [0.25, 0.3) is 11.2 Å². The molecule has 0 radical (unpaired) electrons. The number of nitrogen functional groups attached to an aromatic ring is 1. The second-order valence-electron chi connectivity index (χ2n) is 4.63. The van der Waals surface area contributed by atoms with Gasteiger partial charge < -0.3 is 10.3 Å². The second-order valence-corrected chi connectivity index (χ2v) is 4.63. The molecular formula is C15H16N4. The highest BCUT2D eigenvalue weighted by Gasteiger charge is 2.08. The van der Waals surface area contributed by atoms with Gasteiger partial charge in [-0.15, -0.1) is 0 Å². The van der Waals surface area contributed by atoms with Gasteiger partial charge in [-0.3, -0.25) is 0 Å². The van der Waals surface area contributed by atoms with Crippen LogP contribution in [0.15, 0.2) is 42.6 Å². The van der Waals surface area contributed by atoms with Gasteiger partial charge in [0.2, 0.25) is 0 Å². The van der Waals surface area contributed by atoms with Crippen molar-refractivity contribution >= 4 is 16.9 Å². The summed E-state index contributed by atoms with van der Waals surface area (Å²) in [5.41, 5.74) is 9.85. The van der Waals surface area contributed by atoms with E-state index in [2.05, 4.69) is 20.6 Å². The van der Waals surface area contributed by atoms with Crippen LogP contribution in [0, 0.1) is 0 Å². The second kappa shape index (κ2) is 4.72. The van der Waals surface area contributed by atoms with Crippen LogP contribution in [-0.2, 0) is 19.9 Å². The van der Waals surface area contributed by atoms with Crippen molar-refractivity contribution in [1.82, 2.24) is 14.5 Å². The molecule has 0 unspecified atom stereocenters. The third kappa shape index (κ3) is 2.17. The number of nitrogens with two attached hydrogens (primary N) is 1. The first-order valence-corrected chi connectivity index (χ1v) is 6.35. The number of hydrogen-bond donors (Lipinski definition) is 1. The van der Waals surface area contributed by atoms with E-state index in [1.54, 1.807) is 6.20 Å². The molecule has 3 rings (SSSR count). The summed E-state index contributed by atoms with van der Waals surface area (Å²) in [7, 11) is 2.01. The van der Waals surface area contributed by atoms with Crippen molar-refractivity contribution in [2.45, 2.75) is 12.8 Å². The van der Waals surface area contributed by atoms with Crippen molar-refractivity contribution < 1.29 is 0 Å². The molecular weight excluding hydrogens is 236 g/mol. The molecule has 0 amide bonds. The topological polar surface area (TPSA) is 56.7 Å². The van der Waals surface area contributed by atoms with Crippen LogP contribution < -0.4 is 5.73 Å². The lowest BCUT2D eigenvalue weighted by molar-refractivity contribution is 0.782. The Kier molecular flexibility index (Phi) is 2.91. The maximum atomic E-state index is 5.96. The zero-order chi connectivity index (χ0) is 13.2. The van der Waals surface area contributed by atoms with Crippen molar-refractivity contribution in [3.63, 3.8) is 0 Å². The minimum atomic E-state index is 0.847. The predicted molar refractivity (Wildman–Crippen MR) is 76.8 cm³/mol. The molecule has 0 spiro atoms. The highest BCUT2D eigenvalue weighted by atomic mass is 15.1. The van der Waals surface area contributed by atoms with E-state index in [-0.39, 0.29) is 0 Å². The number of nitrogens with zero attached hydrogens (tertiary/aromatic N) is 3. The van der Waals surface area contributed by atoms with E-state index in [0.717, 1.165) is 35.5 Å². The first kappa shape index (κ1) is 11.7. The smallest absolute Gasteiger partial charge is 0.159 e. The molecule has 0 aliphatic heterocycles. The van der Waals surface area contributed by atoms with Gasteiger partial charge in [-0.2, -0.15) is 0 Å². The van der Waals surface area contributed by atoms with Crippen LogP contribution >= 0.6 is 0 Å². The molecule has 0 fully saturated rings. The zero-order valence-corrected chi connectivity index (χ0v) is 10.9. The predicted octanol–water partition coefficient (Wildman–Crippen LogP) is 2.34. The maximum Gasteiger partial charge on any atom is 0.159 e. The molecule has 0 aliphatic rings. The fourth-order valence-corrected chi connectivity index (χ4v) is 2.30.